The van der Waals surface area contributed by atoms with E-state index in [0.717, 1.165) is 26.6 Å². The van der Waals surface area contributed by atoms with Crippen LogP contribution in [-0.2, 0) is 68.7 Å². The van der Waals surface area contributed by atoms with Gasteiger partial charge in [-0.25, -0.2) is 29.3 Å². The number of aliphatic carboxylic acids is 4. The lowest BCUT2D eigenvalue weighted by molar-refractivity contribution is -0.155. The number of hydrogen-bond donors (Lipinski definition) is 17. The van der Waals surface area contributed by atoms with Crippen LogP contribution in [0.3, 0.4) is 0 Å². The maximum absolute atomic E-state index is 14.0. The van der Waals surface area contributed by atoms with Crippen LogP contribution in [0.4, 0.5) is 16.4 Å². The number of guanidine groups is 1. The van der Waals surface area contributed by atoms with E-state index in [4.69, 9.17) is 31.1 Å². The first kappa shape index (κ1) is 86.8. The van der Waals surface area contributed by atoms with Gasteiger partial charge in [-0.15, -0.1) is 11.3 Å². The molecule has 0 spiro atoms. The van der Waals surface area contributed by atoms with Crippen LogP contribution in [0, 0.1) is 29.6 Å². The molecule has 3 aromatic heterocycles. The zero-order valence-corrected chi connectivity index (χ0v) is 62.5. The molecule has 5 amide bonds. The minimum Gasteiger partial charge on any atom is -0.481 e. The number of H-pyrrole nitrogens is 1. The van der Waals surface area contributed by atoms with Gasteiger partial charge in [-0.1, -0.05) is 55.7 Å². The molecule has 2 fully saturated rings. The molecule has 0 saturated carbocycles. The Morgan fingerprint density at radius 1 is 0.824 bits per heavy atom. The molecule has 0 radical (unpaired) electrons. The first-order valence-electron chi connectivity index (χ1n) is 34.3. The van der Waals surface area contributed by atoms with Crippen molar-refractivity contribution in [1.82, 2.24) is 61.7 Å². The lowest BCUT2D eigenvalue weighted by atomic mass is 9.73. The van der Waals surface area contributed by atoms with E-state index in [1.54, 1.807) is 20.8 Å². The van der Waals surface area contributed by atoms with E-state index in [1.165, 1.54) is 41.8 Å². The number of rotatable bonds is 36. The third-order valence-corrected chi connectivity index (χ3v) is 21.0. The Balaban J connectivity index is 0.984. The summed E-state index contributed by atoms with van der Waals surface area (Å²) >= 11 is 1.45. The number of nitrogen functional groups attached to an aromatic ring is 1. The van der Waals surface area contributed by atoms with Gasteiger partial charge in [0, 0.05) is 72.1 Å². The number of carbonyl (C=O) groups excluding carboxylic acids is 8. The SMILES string of the molecule is C/C(=C\c1csc(C)n1)[C@@H]1C[C@H]2[C@@H](CCC[C@H](C)[C@H](O)[C@@H](C)C(=O)C(C)(C)[C@@H](O)CC(=O)O1)N2CCOC(=O)OCCSSCC(NC(=O)[C@H](CC(=O)O)NC(=O)[C@H](CCCNC(=N)N)NC(=O)[C@H](CC(=O)O)NC(=O)CC[C@H](NC(=O)c1ccc(NCc2cnc3nc(N)[nH]c(=O)c3n2)cc1)C(=O)O)C(=O)O. The summed E-state index contributed by atoms with van der Waals surface area (Å²) in [6, 6.07) is -3.59. The third-order valence-electron chi connectivity index (χ3n) is 17.9. The number of nitrogens with zero attached hydrogens (tertiary/aromatic N) is 5. The molecule has 108 heavy (non-hydrogen) atoms. The summed E-state index contributed by atoms with van der Waals surface area (Å²) in [6.07, 6.45) is -3.15. The second kappa shape index (κ2) is 41.3. The van der Waals surface area contributed by atoms with Crippen LogP contribution in [0.1, 0.15) is 132 Å². The molecule has 13 atom stereocenters. The number of carboxylic acid groups (broad SMARTS) is 4. The van der Waals surface area contributed by atoms with Crippen molar-refractivity contribution in [1.29, 1.82) is 5.41 Å². The molecule has 590 valence electrons. The zero-order chi connectivity index (χ0) is 79.7. The van der Waals surface area contributed by atoms with Gasteiger partial charge >= 0.3 is 36.0 Å². The summed E-state index contributed by atoms with van der Waals surface area (Å²) in [4.78, 5) is 190. The fraction of sp³-hybridized carbons (Fsp3) is 0.552. The Kier molecular flexibility index (Phi) is 33.2. The highest BCUT2D eigenvalue weighted by atomic mass is 33.1. The van der Waals surface area contributed by atoms with Crippen molar-refractivity contribution in [3.8, 4) is 0 Å². The Morgan fingerprint density at radius 3 is 2.10 bits per heavy atom. The number of aryl methyl sites for hydroxylation is 1. The molecule has 0 bridgehead atoms. The first-order valence-corrected chi connectivity index (χ1v) is 37.7. The Hall–Kier alpha value is -10.1. The van der Waals surface area contributed by atoms with Crippen molar-refractivity contribution in [3.63, 3.8) is 0 Å². The summed E-state index contributed by atoms with van der Waals surface area (Å²) in [6.45, 7) is 10.2. The minimum absolute atomic E-state index is 0.000406. The fourth-order valence-corrected chi connectivity index (χ4v) is 14.3. The van der Waals surface area contributed by atoms with Crippen molar-refractivity contribution in [2.24, 2.45) is 23.0 Å². The van der Waals surface area contributed by atoms with Gasteiger partial charge < -0.3 is 93.5 Å². The lowest BCUT2D eigenvalue weighted by Gasteiger charge is -2.34. The number of anilines is 2. The highest BCUT2D eigenvalue weighted by molar-refractivity contribution is 8.76. The molecule has 41 heteroatoms. The Morgan fingerprint density at radius 2 is 1.46 bits per heavy atom. The van der Waals surface area contributed by atoms with Crippen LogP contribution in [-0.4, -0.2) is 236 Å². The number of aromatic nitrogens is 5. The second-order valence-electron chi connectivity index (χ2n) is 26.5. The highest BCUT2D eigenvalue weighted by Gasteiger charge is 2.49. The van der Waals surface area contributed by atoms with E-state index < -0.39 is 169 Å². The third kappa shape index (κ3) is 27.3. The number of aliphatic hydroxyl groups excluding tert-OH is 2. The van der Waals surface area contributed by atoms with Gasteiger partial charge in [0.25, 0.3) is 11.5 Å². The van der Waals surface area contributed by atoms with Crippen LogP contribution in [0.2, 0.25) is 0 Å². The predicted octanol–water partition coefficient (Wildman–Crippen LogP) is 1.03. The largest absolute Gasteiger partial charge is 0.508 e. The smallest absolute Gasteiger partial charge is 0.481 e. The number of nitrogens with two attached hydrogens (primary N) is 2. The zero-order valence-electron chi connectivity index (χ0n) is 60.0. The number of hydrogen-bond acceptors (Lipinski definition) is 29. The van der Waals surface area contributed by atoms with E-state index in [2.05, 4.69) is 67.0 Å². The average molecular weight is 1570 g/mol. The standard InChI is InChI=1S/C67H92N16O22S3/c1-32-9-7-11-45-46(26-47(33(2)23-38-30-106-35(4)74-38)105-52(90)27-48(84)67(5,6)55(92)34(3)54(32)91)83(45)19-20-103-66(102)104-21-22-107-108-31-44(63(100)101)80-60(96)43(25-51(88)89)79-58(94)40(10-8-18-71-64(68)69)77-59(95)42(24-50(86)87)76-49(85)17-16-41(62(98)99)78-57(93)36-12-14-37(15-13-36)72-28-39-29-73-56-53(75-39)61(97)82-65(70)81-56/h12-15,23,29-30,32,34,40-48,54,72,84,91H,7-11,16-22,24-28,31H2,1-6H3,(H,76,85)(H,77,95)(H,78,93)(H,79,94)(H,80,96)(H,86,87)(H,88,89)(H,98,99)(H,100,101)(H4,68,69,71)(H3,70,73,81,82,97)/b33-23+/t32-,34+,40-,41-,42-,43-,44?,45+,46-,47-,48-,54-,83?/m0/s1. The molecule has 4 aromatic rings. The van der Waals surface area contributed by atoms with Crippen molar-refractivity contribution >= 4 is 139 Å². The van der Waals surface area contributed by atoms with E-state index in [9.17, 15) is 93.0 Å². The quantitative estimate of drug-likeness (QED) is 0.00755. The van der Waals surface area contributed by atoms with Crippen molar-refractivity contribution in [2.75, 3.05) is 48.9 Å². The normalized spacial score (nSPS) is 20.9. The number of ketones is 1. The molecular weight excluding hydrogens is 1480 g/mol. The molecule has 2 aliphatic rings. The number of aliphatic hydroxyl groups is 2. The van der Waals surface area contributed by atoms with E-state index in [-0.39, 0.29) is 104 Å². The van der Waals surface area contributed by atoms with Crippen molar-refractivity contribution in [2.45, 2.75) is 179 Å². The van der Waals surface area contributed by atoms with Crippen molar-refractivity contribution in [3.05, 3.63) is 73.7 Å². The van der Waals surface area contributed by atoms with Gasteiger partial charge in [0.1, 0.15) is 55.3 Å². The topological polar surface area (TPSA) is 601 Å². The van der Waals surface area contributed by atoms with Crippen molar-refractivity contribution < 1.29 is 102 Å². The number of ether oxygens (including phenoxy) is 3. The number of amides is 5. The van der Waals surface area contributed by atoms with Gasteiger partial charge in [0.15, 0.2) is 17.1 Å². The molecule has 19 N–H and O–H groups in total. The molecule has 2 aliphatic heterocycles. The van der Waals surface area contributed by atoms with Gasteiger partial charge in [0.05, 0.1) is 66.0 Å². The van der Waals surface area contributed by atoms with E-state index >= 15 is 0 Å². The number of aromatic amines is 1. The van der Waals surface area contributed by atoms with Crippen LogP contribution >= 0.6 is 32.9 Å². The summed E-state index contributed by atoms with van der Waals surface area (Å²) < 4.78 is 16.7. The molecular formula is C67H92N16O22S3. The highest BCUT2D eigenvalue weighted by Crippen LogP contribution is 2.39. The number of nitrogens with one attached hydrogen (secondary N) is 9. The number of carboxylic acids is 4. The second-order valence-corrected chi connectivity index (χ2v) is 30.1. The molecule has 2 saturated heterocycles. The molecule has 0 aliphatic carbocycles. The summed E-state index contributed by atoms with van der Waals surface area (Å²) in [5.74, 6) is -15.3. The van der Waals surface area contributed by atoms with Gasteiger partial charge in [-0.2, -0.15) is 4.98 Å². The number of Topliss-reactive ketones (excluding diaryl/α,β-unsaturated/α-hetero) is 1. The van der Waals surface area contributed by atoms with Crippen LogP contribution in [0.5, 0.6) is 0 Å². The van der Waals surface area contributed by atoms with Crippen LogP contribution in [0.15, 0.2) is 46.2 Å². The molecule has 5 heterocycles. The number of carbonyl (C=O) groups is 12. The van der Waals surface area contributed by atoms with Gasteiger partial charge in [-0.3, -0.25) is 63.2 Å². The number of esters is 1. The average Bonchev–Trinajstić information content (AvgIpc) is 1.61. The molecule has 6 rings (SSSR count). The van der Waals surface area contributed by atoms with E-state index in [0.29, 0.717) is 48.3 Å². The molecule has 38 nitrogen and oxygen atoms in total. The summed E-state index contributed by atoms with van der Waals surface area (Å²) in [5, 5.41) is 88.9. The summed E-state index contributed by atoms with van der Waals surface area (Å²) in [5.41, 5.74) is 11.2. The monoisotopic (exact) mass is 1570 g/mol. The molecule has 1 aromatic carbocycles. The van der Waals surface area contributed by atoms with Gasteiger partial charge in [0.2, 0.25) is 29.6 Å². The fourth-order valence-electron chi connectivity index (χ4n) is 11.7. The Bertz CT molecular complexity index is 4000. The van der Waals surface area contributed by atoms with Crippen LogP contribution in [0.25, 0.3) is 17.2 Å². The van der Waals surface area contributed by atoms with Gasteiger partial charge in [-0.05, 0) is 87.8 Å². The number of cyclic esters (lactones) is 1. The van der Waals surface area contributed by atoms with Crippen LogP contribution < -0.4 is 54.2 Å². The minimum atomic E-state index is -2.00. The first-order chi connectivity index (χ1) is 51.0. The predicted molar refractivity (Wildman–Crippen MR) is 392 cm³/mol. The number of thiazole rings is 1. The number of benzene rings is 1. The maximum atomic E-state index is 14.0. The summed E-state index contributed by atoms with van der Waals surface area (Å²) in [7, 11) is 1.95. The lowest BCUT2D eigenvalue weighted by Crippen LogP contribution is -2.58. The number of fused-ring (bicyclic) bond motifs is 2. The Labute approximate surface area is 630 Å². The maximum Gasteiger partial charge on any atom is 0.508 e. The van der Waals surface area contributed by atoms with E-state index in [1.807, 2.05) is 32.2 Å². The molecule has 2 unspecified atom stereocenters.